The highest BCUT2D eigenvalue weighted by molar-refractivity contribution is 6.00. The Morgan fingerprint density at radius 3 is 2.69 bits per heavy atom. The number of ether oxygens (including phenoxy) is 1. The van der Waals surface area contributed by atoms with Crippen LogP contribution in [0.4, 0.5) is 0 Å². The first kappa shape index (κ1) is 16.7. The molecule has 134 valence electrons. The fourth-order valence-electron chi connectivity index (χ4n) is 3.26. The van der Waals surface area contributed by atoms with Crippen LogP contribution in [0.15, 0.2) is 54.6 Å². The SMILES string of the molecule is CCCn1c(C(=O)NC2CC2)cc2c(OCc3ccccc3)cccc21. The summed E-state index contributed by atoms with van der Waals surface area (Å²) >= 11 is 0. The molecule has 4 nitrogen and oxygen atoms in total. The summed E-state index contributed by atoms with van der Waals surface area (Å²) in [6, 6.07) is 18.5. The van der Waals surface area contributed by atoms with Gasteiger partial charge in [-0.3, -0.25) is 4.79 Å². The van der Waals surface area contributed by atoms with Crippen molar-refractivity contribution < 1.29 is 9.53 Å². The van der Waals surface area contributed by atoms with Crippen molar-refractivity contribution in [3.63, 3.8) is 0 Å². The number of aromatic nitrogens is 1. The van der Waals surface area contributed by atoms with E-state index in [2.05, 4.69) is 35.0 Å². The van der Waals surface area contributed by atoms with E-state index in [9.17, 15) is 4.79 Å². The Hall–Kier alpha value is -2.75. The summed E-state index contributed by atoms with van der Waals surface area (Å²) in [5.41, 5.74) is 2.91. The minimum absolute atomic E-state index is 0.0196. The number of carbonyl (C=O) groups excluding carboxylic acids is 1. The third kappa shape index (κ3) is 3.45. The van der Waals surface area contributed by atoms with Crippen LogP contribution in [0.25, 0.3) is 10.9 Å². The van der Waals surface area contributed by atoms with E-state index in [4.69, 9.17) is 4.74 Å². The van der Waals surface area contributed by atoms with Crippen molar-refractivity contribution in [1.82, 2.24) is 9.88 Å². The molecule has 1 saturated carbocycles. The molecule has 0 unspecified atom stereocenters. The molecule has 26 heavy (non-hydrogen) atoms. The van der Waals surface area contributed by atoms with Crippen LogP contribution in [-0.2, 0) is 13.2 Å². The first-order valence-electron chi connectivity index (χ1n) is 9.36. The molecule has 1 aliphatic carbocycles. The van der Waals surface area contributed by atoms with E-state index in [1.54, 1.807) is 0 Å². The van der Waals surface area contributed by atoms with Gasteiger partial charge >= 0.3 is 0 Å². The second-order valence-corrected chi connectivity index (χ2v) is 6.89. The van der Waals surface area contributed by atoms with Gasteiger partial charge < -0.3 is 14.6 Å². The number of carbonyl (C=O) groups is 1. The summed E-state index contributed by atoms with van der Waals surface area (Å²) in [6.07, 6.45) is 3.15. The van der Waals surface area contributed by atoms with E-state index in [1.807, 2.05) is 36.4 Å². The molecule has 1 fully saturated rings. The van der Waals surface area contributed by atoms with E-state index < -0.39 is 0 Å². The molecule has 1 aromatic heterocycles. The number of nitrogens with zero attached hydrogens (tertiary/aromatic N) is 1. The highest BCUT2D eigenvalue weighted by atomic mass is 16.5. The summed E-state index contributed by atoms with van der Waals surface area (Å²) in [6.45, 7) is 3.46. The number of rotatable bonds is 7. The molecular weight excluding hydrogens is 324 g/mol. The zero-order valence-corrected chi connectivity index (χ0v) is 15.1. The molecule has 1 N–H and O–H groups in total. The topological polar surface area (TPSA) is 43.3 Å². The fourth-order valence-corrected chi connectivity index (χ4v) is 3.26. The molecule has 4 rings (SSSR count). The molecule has 4 heteroatoms. The Labute approximate surface area is 153 Å². The molecule has 1 heterocycles. The highest BCUT2D eigenvalue weighted by Crippen LogP contribution is 2.30. The van der Waals surface area contributed by atoms with Gasteiger partial charge in [0.2, 0.25) is 0 Å². The number of nitrogens with one attached hydrogen (secondary N) is 1. The third-order valence-electron chi connectivity index (χ3n) is 4.74. The Bertz CT molecular complexity index is 911. The number of fused-ring (bicyclic) bond motifs is 1. The summed E-state index contributed by atoms with van der Waals surface area (Å²) in [5, 5.41) is 4.10. The van der Waals surface area contributed by atoms with Gasteiger partial charge in [-0.1, -0.05) is 43.3 Å². The Morgan fingerprint density at radius 2 is 1.96 bits per heavy atom. The number of aryl methyl sites for hydroxylation is 1. The van der Waals surface area contributed by atoms with Crippen LogP contribution in [-0.4, -0.2) is 16.5 Å². The molecule has 1 aliphatic rings. The van der Waals surface area contributed by atoms with E-state index in [0.29, 0.717) is 12.6 Å². The molecule has 0 radical (unpaired) electrons. The first-order valence-corrected chi connectivity index (χ1v) is 9.36. The zero-order chi connectivity index (χ0) is 17.9. The van der Waals surface area contributed by atoms with Crippen LogP contribution in [0, 0.1) is 0 Å². The molecule has 0 spiro atoms. The van der Waals surface area contributed by atoms with Gasteiger partial charge in [-0.25, -0.2) is 0 Å². The van der Waals surface area contributed by atoms with Gasteiger partial charge in [0, 0.05) is 18.0 Å². The van der Waals surface area contributed by atoms with Gasteiger partial charge in [0.05, 0.1) is 5.52 Å². The van der Waals surface area contributed by atoms with Gasteiger partial charge in [0.1, 0.15) is 18.1 Å². The maximum atomic E-state index is 12.7. The number of hydrogen-bond acceptors (Lipinski definition) is 2. The monoisotopic (exact) mass is 348 g/mol. The van der Waals surface area contributed by atoms with Crippen LogP contribution >= 0.6 is 0 Å². The summed E-state index contributed by atoms with van der Waals surface area (Å²) in [4.78, 5) is 12.7. The molecule has 0 bridgehead atoms. The molecule has 3 aromatic rings. The minimum Gasteiger partial charge on any atom is -0.488 e. The molecule has 0 aliphatic heterocycles. The van der Waals surface area contributed by atoms with Crippen molar-refractivity contribution in [2.45, 2.75) is 45.4 Å². The van der Waals surface area contributed by atoms with Gasteiger partial charge in [-0.05, 0) is 43.0 Å². The minimum atomic E-state index is 0.0196. The lowest BCUT2D eigenvalue weighted by Crippen LogP contribution is -2.27. The zero-order valence-electron chi connectivity index (χ0n) is 15.1. The van der Waals surface area contributed by atoms with Crippen LogP contribution in [0.2, 0.25) is 0 Å². The summed E-state index contributed by atoms with van der Waals surface area (Å²) in [7, 11) is 0. The summed E-state index contributed by atoms with van der Waals surface area (Å²) < 4.78 is 8.19. The lowest BCUT2D eigenvalue weighted by molar-refractivity contribution is 0.0942. The standard InChI is InChI=1S/C22H24N2O2/c1-2-13-24-19-9-6-10-21(26-15-16-7-4-3-5-8-16)18(19)14-20(24)22(25)23-17-11-12-17/h3-10,14,17H,2,11-13,15H2,1H3,(H,23,25). The smallest absolute Gasteiger partial charge is 0.268 e. The second kappa shape index (κ2) is 7.24. The maximum Gasteiger partial charge on any atom is 0.268 e. The summed E-state index contributed by atoms with van der Waals surface area (Å²) in [5.74, 6) is 0.841. The van der Waals surface area contributed by atoms with Crippen LogP contribution in [0.5, 0.6) is 5.75 Å². The van der Waals surface area contributed by atoms with Gasteiger partial charge in [-0.2, -0.15) is 0 Å². The van der Waals surface area contributed by atoms with Crippen molar-refractivity contribution >= 4 is 16.8 Å². The predicted octanol–water partition coefficient (Wildman–Crippen LogP) is 4.52. The van der Waals surface area contributed by atoms with Crippen molar-refractivity contribution in [3.8, 4) is 5.75 Å². The van der Waals surface area contributed by atoms with Crippen molar-refractivity contribution in [3.05, 3.63) is 65.9 Å². The Balaban J connectivity index is 1.66. The van der Waals surface area contributed by atoms with E-state index in [1.165, 1.54) is 0 Å². The fraction of sp³-hybridized carbons (Fsp3) is 0.318. The van der Waals surface area contributed by atoms with Crippen molar-refractivity contribution in [2.75, 3.05) is 0 Å². The van der Waals surface area contributed by atoms with Crippen LogP contribution in [0.1, 0.15) is 42.2 Å². The van der Waals surface area contributed by atoms with Gasteiger partial charge in [0.25, 0.3) is 5.91 Å². The van der Waals surface area contributed by atoms with Crippen molar-refractivity contribution in [1.29, 1.82) is 0 Å². The molecular formula is C22H24N2O2. The quantitative estimate of drug-likeness (QED) is 0.682. The van der Waals surface area contributed by atoms with E-state index in [-0.39, 0.29) is 5.91 Å². The van der Waals surface area contributed by atoms with E-state index >= 15 is 0 Å². The normalized spacial score (nSPS) is 13.7. The molecule has 1 amide bonds. The number of benzene rings is 2. The largest absolute Gasteiger partial charge is 0.488 e. The first-order chi connectivity index (χ1) is 12.8. The molecule has 2 aromatic carbocycles. The maximum absolute atomic E-state index is 12.7. The lowest BCUT2D eigenvalue weighted by atomic mass is 10.2. The second-order valence-electron chi connectivity index (χ2n) is 6.89. The molecule has 0 saturated heterocycles. The van der Waals surface area contributed by atoms with Crippen molar-refractivity contribution in [2.24, 2.45) is 0 Å². The van der Waals surface area contributed by atoms with E-state index in [0.717, 1.165) is 53.7 Å². The lowest BCUT2D eigenvalue weighted by Gasteiger charge is -2.10. The number of amides is 1. The van der Waals surface area contributed by atoms with Crippen LogP contribution in [0.3, 0.4) is 0 Å². The number of hydrogen-bond donors (Lipinski definition) is 1. The van der Waals surface area contributed by atoms with Gasteiger partial charge in [0.15, 0.2) is 0 Å². The van der Waals surface area contributed by atoms with Gasteiger partial charge in [-0.15, -0.1) is 0 Å². The van der Waals surface area contributed by atoms with Crippen LogP contribution < -0.4 is 10.1 Å². The average molecular weight is 348 g/mol. The third-order valence-corrected chi connectivity index (χ3v) is 4.74. The average Bonchev–Trinajstić information content (AvgIpc) is 3.40. The predicted molar refractivity (Wildman–Crippen MR) is 103 cm³/mol. The Kier molecular flexibility index (Phi) is 4.65. The highest BCUT2D eigenvalue weighted by Gasteiger charge is 2.26. The molecule has 0 atom stereocenters. The Morgan fingerprint density at radius 1 is 1.15 bits per heavy atom.